The van der Waals surface area contributed by atoms with Crippen molar-refractivity contribution in [1.29, 1.82) is 0 Å². The molecular formula is C10H17IN4O. The molecule has 0 aliphatic rings. The third kappa shape index (κ3) is 3.75. The fourth-order valence-electron chi connectivity index (χ4n) is 1.31. The van der Waals surface area contributed by atoms with E-state index in [4.69, 9.17) is 5.73 Å². The molecule has 1 aromatic rings. The summed E-state index contributed by atoms with van der Waals surface area (Å²) in [5.41, 5.74) is 5.52. The van der Waals surface area contributed by atoms with Crippen molar-refractivity contribution in [2.24, 2.45) is 11.1 Å². The lowest BCUT2D eigenvalue weighted by Gasteiger charge is -2.24. The van der Waals surface area contributed by atoms with Crippen molar-refractivity contribution in [2.75, 3.05) is 18.4 Å². The summed E-state index contributed by atoms with van der Waals surface area (Å²) < 4.78 is 0.587. The van der Waals surface area contributed by atoms with Crippen molar-refractivity contribution in [2.45, 2.75) is 20.3 Å². The van der Waals surface area contributed by atoms with E-state index < -0.39 is 0 Å². The van der Waals surface area contributed by atoms with Gasteiger partial charge in [-0.3, -0.25) is 4.79 Å². The summed E-state index contributed by atoms with van der Waals surface area (Å²) in [5, 5.41) is 3.18. The standard InChI is InChI=1S/C10H17IN4O/c1-10(2,3-4-12)5-13-8-7(11)9(16)15-6-14-8/h6H,3-5,12H2,1-2H3,(H2,13,14,15,16). The molecule has 16 heavy (non-hydrogen) atoms. The molecule has 0 unspecified atom stereocenters. The molecule has 0 saturated carbocycles. The first-order valence-electron chi connectivity index (χ1n) is 5.13. The third-order valence-electron chi connectivity index (χ3n) is 2.35. The van der Waals surface area contributed by atoms with Gasteiger partial charge in [-0.15, -0.1) is 0 Å². The molecule has 0 aromatic carbocycles. The quantitative estimate of drug-likeness (QED) is 0.705. The van der Waals surface area contributed by atoms with Gasteiger partial charge in [-0.2, -0.15) is 0 Å². The van der Waals surface area contributed by atoms with Gasteiger partial charge < -0.3 is 16.0 Å². The first-order valence-corrected chi connectivity index (χ1v) is 6.21. The van der Waals surface area contributed by atoms with Gasteiger partial charge in [-0.25, -0.2) is 4.98 Å². The summed E-state index contributed by atoms with van der Waals surface area (Å²) in [6.45, 7) is 5.67. The number of anilines is 1. The van der Waals surface area contributed by atoms with Gasteiger partial charge in [-0.1, -0.05) is 13.8 Å². The monoisotopic (exact) mass is 336 g/mol. The maximum absolute atomic E-state index is 11.3. The Labute approximate surface area is 108 Å². The van der Waals surface area contributed by atoms with Crippen molar-refractivity contribution in [3.05, 3.63) is 20.3 Å². The van der Waals surface area contributed by atoms with Gasteiger partial charge in [0.2, 0.25) is 0 Å². The Morgan fingerprint density at radius 3 is 2.94 bits per heavy atom. The van der Waals surface area contributed by atoms with E-state index in [0.29, 0.717) is 15.9 Å². The number of H-pyrrole nitrogens is 1. The zero-order valence-electron chi connectivity index (χ0n) is 9.51. The van der Waals surface area contributed by atoms with Gasteiger partial charge in [0.25, 0.3) is 5.56 Å². The molecule has 1 heterocycles. The molecule has 0 aliphatic heterocycles. The highest BCUT2D eigenvalue weighted by atomic mass is 127. The fraction of sp³-hybridized carbons (Fsp3) is 0.600. The average Bonchev–Trinajstić information content (AvgIpc) is 2.20. The Kier molecular flexibility index (Phi) is 4.72. The number of nitrogens with two attached hydrogens (primary N) is 1. The Hall–Kier alpha value is -0.630. The first kappa shape index (κ1) is 13.4. The van der Waals surface area contributed by atoms with Crippen LogP contribution in [0.4, 0.5) is 5.82 Å². The lowest BCUT2D eigenvalue weighted by molar-refractivity contribution is 0.365. The van der Waals surface area contributed by atoms with Crippen LogP contribution in [0.2, 0.25) is 0 Å². The topological polar surface area (TPSA) is 83.8 Å². The number of nitrogens with zero attached hydrogens (tertiary/aromatic N) is 1. The van der Waals surface area contributed by atoms with Gasteiger partial charge >= 0.3 is 0 Å². The number of aromatic amines is 1. The zero-order valence-corrected chi connectivity index (χ0v) is 11.7. The summed E-state index contributed by atoms with van der Waals surface area (Å²) in [6, 6.07) is 0. The second-order valence-electron chi connectivity index (χ2n) is 4.45. The molecule has 4 N–H and O–H groups in total. The zero-order chi connectivity index (χ0) is 12.2. The molecule has 0 bridgehead atoms. The van der Waals surface area contributed by atoms with Crippen molar-refractivity contribution in [1.82, 2.24) is 9.97 Å². The molecule has 0 fully saturated rings. The van der Waals surface area contributed by atoms with Gasteiger partial charge in [0.15, 0.2) is 0 Å². The maximum atomic E-state index is 11.3. The van der Waals surface area contributed by atoms with Crippen LogP contribution in [0.3, 0.4) is 0 Å². The Morgan fingerprint density at radius 1 is 1.62 bits per heavy atom. The molecule has 0 spiro atoms. The number of aromatic nitrogens is 2. The van der Waals surface area contributed by atoms with Crippen LogP contribution in [0.5, 0.6) is 0 Å². The van der Waals surface area contributed by atoms with E-state index in [0.717, 1.165) is 13.0 Å². The van der Waals surface area contributed by atoms with Gasteiger partial charge in [0, 0.05) is 6.54 Å². The average molecular weight is 336 g/mol. The molecule has 1 aromatic heterocycles. The Morgan fingerprint density at radius 2 is 2.31 bits per heavy atom. The molecule has 5 nitrogen and oxygen atoms in total. The second kappa shape index (κ2) is 5.62. The molecule has 1 rings (SSSR count). The molecule has 0 aliphatic carbocycles. The van der Waals surface area contributed by atoms with E-state index in [9.17, 15) is 4.79 Å². The largest absolute Gasteiger partial charge is 0.368 e. The number of halogens is 1. The van der Waals surface area contributed by atoms with Crippen molar-refractivity contribution in [3.8, 4) is 0 Å². The minimum absolute atomic E-state index is 0.0993. The molecule has 0 radical (unpaired) electrons. The predicted molar refractivity (Wildman–Crippen MR) is 73.5 cm³/mol. The molecule has 6 heteroatoms. The van der Waals surface area contributed by atoms with Crippen molar-refractivity contribution in [3.63, 3.8) is 0 Å². The summed E-state index contributed by atoms with van der Waals surface area (Å²) >= 11 is 1.98. The van der Waals surface area contributed by atoms with Crippen LogP contribution in [0, 0.1) is 8.99 Å². The lowest BCUT2D eigenvalue weighted by atomic mass is 9.89. The van der Waals surface area contributed by atoms with Crippen molar-refractivity contribution >= 4 is 28.4 Å². The minimum atomic E-state index is -0.116. The number of nitrogens with one attached hydrogen (secondary N) is 2. The Bertz CT molecular complexity index is 402. The Balaban J connectivity index is 2.68. The van der Waals surface area contributed by atoms with Crippen LogP contribution < -0.4 is 16.6 Å². The van der Waals surface area contributed by atoms with Crippen LogP contribution >= 0.6 is 22.6 Å². The summed E-state index contributed by atoms with van der Waals surface area (Å²) in [5.74, 6) is 0.634. The number of hydrogen-bond acceptors (Lipinski definition) is 4. The van der Waals surface area contributed by atoms with Gasteiger partial charge in [0.1, 0.15) is 9.39 Å². The van der Waals surface area contributed by atoms with E-state index in [1.54, 1.807) is 0 Å². The highest BCUT2D eigenvalue weighted by Crippen LogP contribution is 2.20. The molecule has 90 valence electrons. The fourth-order valence-corrected chi connectivity index (χ4v) is 1.79. The van der Waals surface area contributed by atoms with Crippen LogP contribution in [0.1, 0.15) is 20.3 Å². The van der Waals surface area contributed by atoms with Crippen molar-refractivity contribution < 1.29 is 0 Å². The molecule has 0 saturated heterocycles. The van der Waals surface area contributed by atoms with Crippen LogP contribution in [0.25, 0.3) is 0 Å². The predicted octanol–water partition coefficient (Wildman–Crippen LogP) is 1.16. The molecule has 0 atom stereocenters. The van der Waals surface area contributed by atoms with E-state index in [-0.39, 0.29) is 11.0 Å². The normalized spacial score (nSPS) is 11.5. The van der Waals surface area contributed by atoms with Crippen LogP contribution in [-0.2, 0) is 0 Å². The van der Waals surface area contributed by atoms with E-state index in [1.807, 2.05) is 22.6 Å². The van der Waals surface area contributed by atoms with Crippen LogP contribution in [0.15, 0.2) is 11.1 Å². The number of hydrogen-bond donors (Lipinski definition) is 3. The second-order valence-corrected chi connectivity index (χ2v) is 5.53. The summed E-state index contributed by atoms with van der Waals surface area (Å²) in [4.78, 5) is 18.0. The summed E-state index contributed by atoms with van der Waals surface area (Å²) in [6.07, 6.45) is 2.34. The van der Waals surface area contributed by atoms with Crippen LogP contribution in [-0.4, -0.2) is 23.1 Å². The number of rotatable bonds is 5. The van der Waals surface area contributed by atoms with E-state index >= 15 is 0 Å². The van der Waals surface area contributed by atoms with Gasteiger partial charge in [-0.05, 0) is 41.0 Å². The summed E-state index contributed by atoms with van der Waals surface area (Å²) in [7, 11) is 0. The molecule has 0 amide bonds. The molecular weight excluding hydrogens is 319 g/mol. The third-order valence-corrected chi connectivity index (χ3v) is 3.35. The first-order chi connectivity index (χ1) is 7.46. The SMILES string of the molecule is CC(C)(CCN)CNc1nc[nH]c(=O)c1I. The lowest BCUT2D eigenvalue weighted by Crippen LogP contribution is -2.27. The maximum Gasteiger partial charge on any atom is 0.266 e. The highest BCUT2D eigenvalue weighted by Gasteiger charge is 2.17. The smallest absolute Gasteiger partial charge is 0.266 e. The highest BCUT2D eigenvalue weighted by molar-refractivity contribution is 14.1. The van der Waals surface area contributed by atoms with Gasteiger partial charge in [0.05, 0.1) is 6.33 Å². The van der Waals surface area contributed by atoms with E-state index in [2.05, 4.69) is 29.1 Å². The minimum Gasteiger partial charge on any atom is -0.368 e. The van der Waals surface area contributed by atoms with E-state index in [1.165, 1.54) is 6.33 Å².